The highest BCUT2D eigenvalue weighted by atomic mass is 16.3. The van der Waals surface area contributed by atoms with Crippen LogP contribution in [0.4, 0.5) is 0 Å². The number of benzene rings is 8. The summed E-state index contributed by atoms with van der Waals surface area (Å²) in [6, 6.07) is 67.0. The normalized spacial score (nSPS) is 11.7. The van der Waals surface area contributed by atoms with Gasteiger partial charge in [-0.2, -0.15) is 0 Å². The van der Waals surface area contributed by atoms with E-state index in [-0.39, 0.29) is 0 Å². The highest BCUT2D eigenvalue weighted by Crippen LogP contribution is 2.37. The van der Waals surface area contributed by atoms with Crippen LogP contribution in [0, 0.1) is 0 Å². The first-order valence-electron chi connectivity index (χ1n) is 19.6. The summed E-state index contributed by atoms with van der Waals surface area (Å²) >= 11 is 0. The molecule has 4 aromatic heterocycles. The summed E-state index contributed by atoms with van der Waals surface area (Å²) < 4.78 is 10.8. The Morgan fingerprint density at radius 2 is 0.746 bits per heavy atom. The number of oxazole rings is 1. The lowest BCUT2D eigenvalue weighted by molar-refractivity contribution is 0.620. The first-order chi connectivity index (χ1) is 29.2. The van der Waals surface area contributed by atoms with E-state index >= 15 is 0 Å². The lowest BCUT2D eigenvalue weighted by atomic mass is 10.1. The molecule has 0 N–H and O–H groups in total. The van der Waals surface area contributed by atoms with Crippen LogP contribution >= 0.6 is 0 Å². The van der Waals surface area contributed by atoms with Gasteiger partial charge in [-0.3, -0.25) is 0 Å². The molecule has 0 atom stereocenters. The summed E-state index contributed by atoms with van der Waals surface area (Å²) in [5.41, 5.74) is 11.5. The largest absolute Gasteiger partial charge is 0.436 e. The quantitative estimate of drug-likeness (QED) is 0.169. The minimum Gasteiger partial charge on any atom is -0.436 e. The van der Waals surface area contributed by atoms with Crippen molar-refractivity contribution in [2.45, 2.75) is 0 Å². The Balaban J connectivity index is 1.08. The second-order valence-corrected chi connectivity index (χ2v) is 14.7. The lowest BCUT2D eigenvalue weighted by Crippen LogP contribution is -2.01. The fourth-order valence-electron chi connectivity index (χ4n) is 8.46. The SMILES string of the molecule is c1ccc(-c2nc3cc(-c4nc(-c5ccc6c7ccccc7n(-c7ccccc7)c6c5)nc(-c5ccc6c7ccccc7n(-c7ccccc7)c6c5)n4)ccc3o2)cc1. The van der Waals surface area contributed by atoms with Gasteiger partial charge in [-0.25, -0.2) is 19.9 Å². The fraction of sp³-hybridized carbons (Fsp3) is 0. The van der Waals surface area contributed by atoms with Crippen LogP contribution in [0.2, 0.25) is 0 Å². The molecule has 0 aliphatic rings. The van der Waals surface area contributed by atoms with Gasteiger partial charge < -0.3 is 13.6 Å². The molecule has 0 unspecified atom stereocenters. The molecule has 12 aromatic rings. The second-order valence-electron chi connectivity index (χ2n) is 14.7. The topological polar surface area (TPSA) is 74.6 Å². The van der Waals surface area contributed by atoms with Gasteiger partial charge in [-0.1, -0.05) is 115 Å². The Hall–Kier alpha value is -8.16. The van der Waals surface area contributed by atoms with Crippen LogP contribution in [0.1, 0.15) is 0 Å². The van der Waals surface area contributed by atoms with Crippen LogP contribution in [0.25, 0.3) is 112 Å². The minimum absolute atomic E-state index is 0.545. The number of hydrogen-bond donors (Lipinski definition) is 0. The second kappa shape index (κ2) is 13.2. The van der Waals surface area contributed by atoms with E-state index in [1.54, 1.807) is 0 Å². The monoisotopic (exact) mass is 756 g/mol. The molecular formula is C52H32N6O. The Morgan fingerprint density at radius 3 is 1.27 bits per heavy atom. The van der Waals surface area contributed by atoms with Gasteiger partial charge in [0, 0.05) is 55.2 Å². The Kier molecular flexibility index (Phi) is 7.40. The van der Waals surface area contributed by atoms with Gasteiger partial charge in [0.25, 0.3) is 0 Å². The summed E-state index contributed by atoms with van der Waals surface area (Å²) in [5, 5.41) is 4.70. The van der Waals surface area contributed by atoms with Crippen molar-refractivity contribution in [3.63, 3.8) is 0 Å². The van der Waals surface area contributed by atoms with Crippen LogP contribution in [0.5, 0.6) is 0 Å². The summed E-state index contributed by atoms with van der Waals surface area (Å²) in [6.45, 7) is 0. The van der Waals surface area contributed by atoms with E-state index in [4.69, 9.17) is 24.4 Å². The maximum atomic E-state index is 6.19. The van der Waals surface area contributed by atoms with E-state index < -0.39 is 0 Å². The van der Waals surface area contributed by atoms with Gasteiger partial charge in [0.2, 0.25) is 5.89 Å². The molecule has 0 spiro atoms. The van der Waals surface area contributed by atoms with Gasteiger partial charge in [0.05, 0.1) is 22.1 Å². The molecule has 0 amide bonds. The van der Waals surface area contributed by atoms with Crippen LogP contribution in [-0.4, -0.2) is 29.1 Å². The van der Waals surface area contributed by atoms with Crippen molar-refractivity contribution in [2.24, 2.45) is 0 Å². The zero-order valence-electron chi connectivity index (χ0n) is 31.6. The highest BCUT2D eigenvalue weighted by molar-refractivity contribution is 6.11. The number of aromatic nitrogens is 6. The van der Waals surface area contributed by atoms with Crippen LogP contribution in [0.15, 0.2) is 199 Å². The molecule has 7 heteroatoms. The van der Waals surface area contributed by atoms with Gasteiger partial charge in [-0.15, -0.1) is 0 Å². The van der Waals surface area contributed by atoms with E-state index in [0.29, 0.717) is 28.9 Å². The van der Waals surface area contributed by atoms with Crippen molar-refractivity contribution in [1.82, 2.24) is 29.1 Å². The van der Waals surface area contributed by atoms with E-state index in [2.05, 4.69) is 143 Å². The molecule has 0 bridgehead atoms. The smallest absolute Gasteiger partial charge is 0.227 e. The van der Waals surface area contributed by atoms with Crippen LogP contribution in [0.3, 0.4) is 0 Å². The number of fused-ring (bicyclic) bond motifs is 7. The fourth-order valence-corrected chi connectivity index (χ4v) is 8.46. The summed E-state index contributed by atoms with van der Waals surface area (Å²) in [6.07, 6.45) is 0. The zero-order valence-corrected chi connectivity index (χ0v) is 31.6. The third-order valence-electron chi connectivity index (χ3n) is 11.2. The first kappa shape index (κ1) is 33.0. The molecule has 59 heavy (non-hydrogen) atoms. The summed E-state index contributed by atoms with van der Waals surface area (Å²) in [5.74, 6) is 2.26. The van der Waals surface area contributed by atoms with E-state index in [9.17, 15) is 0 Å². The number of para-hydroxylation sites is 4. The standard InChI is InChI=1S/C52H32N6O/c1-4-14-33(15-5-1)52-53-43-30-34(26-29-48(43)59-52)49-54-50(35-24-27-41-39-20-10-12-22-44(39)57(46(41)31-35)37-16-6-2-7-17-37)56-51(55-49)36-25-28-42-40-21-11-13-23-45(40)58(47(42)32-36)38-18-8-3-9-19-38/h1-32H. The number of rotatable bonds is 6. The van der Waals surface area contributed by atoms with Gasteiger partial charge >= 0.3 is 0 Å². The van der Waals surface area contributed by atoms with Gasteiger partial charge in [0.1, 0.15) is 5.52 Å². The predicted octanol–water partition coefficient (Wildman–Crippen LogP) is 12.9. The van der Waals surface area contributed by atoms with Crippen molar-refractivity contribution in [3.8, 4) is 57.0 Å². The summed E-state index contributed by atoms with van der Waals surface area (Å²) in [4.78, 5) is 20.5. The molecule has 0 aliphatic heterocycles. The molecular weight excluding hydrogens is 725 g/mol. The van der Waals surface area contributed by atoms with Crippen molar-refractivity contribution in [2.75, 3.05) is 0 Å². The highest BCUT2D eigenvalue weighted by Gasteiger charge is 2.19. The Morgan fingerprint density at radius 1 is 0.322 bits per heavy atom. The molecule has 0 saturated heterocycles. The maximum Gasteiger partial charge on any atom is 0.227 e. The predicted molar refractivity (Wildman–Crippen MR) is 238 cm³/mol. The van der Waals surface area contributed by atoms with Gasteiger partial charge in [0.15, 0.2) is 23.1 Å². The number of nitrogens with zero attached hydrogens (tertiary/aromatic N) is 6. The molecule has 4 heterocycles. The molecule has 276 valence electrons. The van der Waals surface area contributed by atoms with E-state index in [1.807, 2.05) is 60.7 Å². The maximum absolute atomic E-state index is 6.19. The Bertz CT molecular complexity index is 3380. The minimum atomic E-state index is 0.545. The third-order valence-corrected chi connectivity index (χ3v) is 11.2. The van der Waals surface area contributed by atoms with Crippen LogP contribution in [-0.2, 0) is 0 Å². The number of hydrogen-bond acceptors (Lipinski definition) is 5. The van der Waals surface area contributed by atoms with Crippen LogP contribution < -0.4 is 0 Å². The molecule has 12 rings (SSSR count). The average Bonchev–Trinajstić information content (AvgIpc) is 3.99. The molecule has 8 aromatic carbocycles. The van der Waals surface area contributed by atoms with E-state index in [1.165, 1.54) is 10.8 Å². The molecule has 0 aliphatic carbocycles. The zero-order chi connectivity index (χ0) is 38.9. The average molecular weight is 757 g/mol. The molecule has 0 radical (unpaired) electrons. The molecule has 0 saturated carbocycles. The first-order valence-corrected chi connectivity index (χ1v) is 19.6. The third kappa shape index (κ3) is 5.44. The van der Waals surface area contributed by atoms with Crippen molar-refractivity contribution in [3.05, 3.63) is 194 Å². The molecule has 0 fully saturated rings. The van der Waals surface area contributed by atoms with E-state index in [0.717, 1.165) is 72.0 Å². The molecule has 7 nitrogen and oxygen atoms in total. The van der Waals surface area contributed by atoms with Crippen molar-refractivity contribution in [1.29, 1.82) is 0 Å². The van der Waals surface area contributed by atoms with Crippen molar-refractivity contribution < 1.29 is 4.42 Å². The Labute approximate surface area is 338 Å². The van der Waals surface area contributed by atoms with Gasteiger partial charge in [-0.05, 0) is 78.9 Å². The summed E-state index contributed by atoms with van der Waals surface area (Å²) in [7, 11) is 0. The lowest BCUT2D eigenvalue weighted by Gasteiger charge is -2.11. The van der Waals surface area contributed by atoms with Crippen molar-refractivity contribution >= 4 is 54.7 Å².